The minimum atomic E-state index is -0.721. The van der Waals surface area contributed by atoms with Crippen molar-refractivity contribution in [2.45, 2.75) is 13.8 Å². The van der Waals surface area contributed by atoms with Crippen LogP contribution in [0.3, 0.4) is 0 Å². The lowest BCUT2D eigenvalue weighted by Gasteiger charge is -2.08. The maximum atomic E-state index is 11.2. The largest absolute Gasteiger partial charge is 0.513 e. The van der Waals surface area contributed by atoms with Gasteiger partial charge in [-0.1, -0.05) is 26.0 Å². The predicted molar refractivity (Wildman–Crippen MR) is 57.7 cm³/mol. The summed E-state index contributed by atoms with van der Waals surface area (Å²) < 4.78 is 9.76. The van der Waals surface area contributed by atoms with Gasteiger partial charge in [-0.15, -0.1) is 0 Å². The van der Waals surface area contributed by atoms with E-state index >= 15 is 0 Å². The Bertz CT molecular complexity index is 336. The molecular formula is C11H15NO3. The quantitative estimate of drug-likeness (QED) is 0.472. The van der Waals surface area contributed by atoms with Gasteiger partial charge in [0.25, 0.3) is 0 Å². The summed E-state index contributed by atoms with van der Waals surface area (Å²) in [4.78, 5) is 11.2. The normalized spacial score (nSPS) is 10.1. The van der Waals surface area contributed by atoms with Crippen LogP contribution in [-0.4, -0.2) is 12.8 Å². The van der Waals surface area contributed by atoms with E-state index in [0.29, 0.717) is 18.0 Å². The molecule has 0 amide bonds. The molecule has 0 aliphatic carbocycles. The van der Waals surface area contributed by atoms with Crippen LogP contribution in [0.2, 0.25) is 0 Å². The van der Waals surface area contributed by atoms with Crippen LogP contribution < -0.4 is 10.5 Å². The molecule has 0 spiro atoms. The average molecular weight is 209 g/mol. The summed E-state index contributed by atoms with van der Waals surface area (Å²) in [5.74, 6) is 0.608. The van der Waals surface area contributed by atoms with E-state index in [1.165, 1.54) is 0 Å². The lowest BCUT2D eigenvalue weighted by atomic mass is 10.2. The van der Waals surface area contributed by atoms with Gasteiger partial charge in [-0.2, -0.15) is 0 Å². The zero-order chi connectivity index (χ0) is 11.3. The van der Waals surface area contributed by atoms with Crippen LogP contribution in [0, 0.1) is 5.92 Å². The molecule has 82 valence electrons. The van der Waals surface area contributed by atoms with E-state index in [4.69, 9.17) is 15.2 Å². The summed E-state index contributed by atoms with van der Waals surface area (Å²) in [7, 11) is 0. The van der Waals surface area contributed by atoms with Crippen molar-refractivity contribution >= 4 is 11.8 Å². The molecule has 0 heterocycles. The van der Waals surface area contributed by atoms with E-state index < -0.39 is 6.16 Å². The van der Waals surface area contributed by atoms with Gasteiger partial charge in [-0.3, -0.25) is 0 Å². The second-order valence-corrected chi connectivity index (χ2v) is 3.59. The van der Waals surface area contributed by atoms with E-state index in [-0.39, 0.29) is 5.92 Å². The second-order valence-electron chi connectivity index (χ2n) is 3.59. The summed E-state index contributed by atoms with van der Waals surface area (Å²) in [5.41, 5.74) is 6.01. The topological polar surface area (TPSA) is 61.5 Å². The molecule has 4 heteroatoms. The zero-order valence-electron chi connectivity index (χ0n) is 8.90. The minimum absolute atomic E-state index is 0.283. The predicted octanol–water partition coefficient (Wildman–Crippen LogP) is 2.44. The SMILES string of the molecule is CC(C)COC(=O)Oc1ccccc1N. The Kier molecular flexibility index (Phi) is 3.97. The van der Waals surface area contributed by atoms with E-state index in [1.807, 2.05) is 13.8 Å². The molecule has 15 heavy (non-hydrogen) atoms. The molecule has 0 bridgehead atoms. The summed E-state index contributed by atoms with van der Waals surface area (Å²) >= 11 is 0. The molecule has 2 N–H and O–H groups in total. The molecule has 1 aromatic rings. The van der Waals surface area contributed by atoms with Gasteiger partial charge in [0.2, 0.25) is 0 Å². The Morgan fingerprint density at radius 3 is 2.67 bits per heavy atom. The van der Waals surface area contributed by atoms with Gasteiger partial charge in [0.05, 0.1) is 12.3 Å². The van der Waals surface area contributed by atoms with Crippen LogP contribution in [0.15, 0.2) is 24.3 Å². The molecule has 0 aliphatic heterocycles. The number of rotatable bonds is 3. The first-order chi connectivity index (χ1) is 7.09. The molecule has 0 radical (unpaired) electrons. The standard InChI is InChI=1S/C11H15NO3/c1-8(2)7-14-11(13)15-10-6-4-3-5-9(10)12/h3-6,8H,7,12H2,1-2H3. The van der Waals surface area contributed by atoms with Crippen molar-refractivity contribution in [2.75, 3.05) is 12.3 Å². The maximum absolute atomic E-state index is 11.2. The zero-order valence-corrected chi connectivity index (χ0v) is 8.90. The number of hydrogen-bond donors (Lipinski definition) is 1. The minimum Gasteiger partial charge on any atom is -0.434 e. The molecule has 0 atom stereocenters. The van der Waals surface area contributed by atoms with Crippen molar-refractivity contribution in [1.29, 1.82) is 0 Å². The monoisotopic (exact) mass is 209 g/mol. The third-order valence-corrected chi connectivity index (χ3v) is 1.65. The number of ether oxygens (including phenoxy) is 2. The fraction of sp³-hybridized carbons (Fsp3) is 0.364. The van der Waals surface area contributed by atoms with E-state index in [2.05, 4.69) is 0 Å². The van der Waals surface area contributed by atoms with Crippen LogP contribution in [0.25, 0.3) is 0 Å². The van der Waals surface area contributed by atoms with Gasteiger partial charge in [-0.05, 0) is 18.1 Å². The van der Waals surface area contributed by atoms with Gasteiger partial charge in [0, 0.05) is 0 Å². The van der Waals surface area contributed by atoms with Crippen LogP contribution in [0.4, 0.5) is 10.5 Å². The number of nitrogens with two attached hydrogens (primary N) is 1. The number of carbonyl (C=O) groups is 1. The highest BCUT2D eigenvalue weighted by Crippen LogP contribution is 2.20. The van der Waals surface area contributed by atoms with Gasteiger partial charge < -0.3 is 15.2 Å². The van der Waals surface area contributed by atoms with Crippen molar-refractivity contribution < 1.29 is 14.3 Å². The number of hydrogen-bond acceptors (Lipinski definition) is 4. The van der Waals surface area contributed by atoms with Crippen LogP contribution in [0.1, 0.15) is 13.8 Å². The highest BCUT2D eigenvalue weighted by molar-refractivity contribution is 5.67. The van der Waals surface area contributed by atoms with Gasteiger partial charge in [0.1, 0.15) is 0 Å². The first kappa shape index (κ1) is 11.4. The van der Waals surface area contributed by atoms with E-state index in [0.717, 1.165) is 0 Å². The molecular weight excluding hydrogens is 194 g/mol. The Hall–Kier alpha value is -1.71. The molecule has 0 fully saturated rings. The number of benzene rings is 1. The van der Waals surface area contributed by atoms with Gasteiger partial charge in [0.15, 0.2) is 5.75 Å². The molecule has 0 aromatic heterocycles. The number of nitrogen functional groups attached to an aromatic ring is 1. The Morgan fingerprint density at radius 2 is 2.07 bits per heavy atom. The molecule has 0 unspecified atom stereocenters. The maximum Gasteiger partial charge on any atom is 0.513 e. The fourth-order valence-corrected chi connectivity index (χ4v) is 0.927. The fourth-order valence-electron chi connectivity index (χ4n) is 0.927. The average Bonchev–Trinajstić information content (AvgIpc) is 2.18. The van der Waals surface area contributed by atoms with E-state index in [9.17, 15) is 4.79 Å². The molecule has 4 nitrogen and oxygen atoms in total. The van der Waals surface area contributed by atoms with Gasteiger partial charge in [-0.25, -0.2) is 4.79 Å². The number of carbonyl (C=O) groups excluding carboxylic acids is 1. The number of para-hydroxylation sites is 2. The summed E-state index contributed by atoms with van der Waals surface area (Å²) in [6.07, 6.45) is -0.721. The lowest BCUT2D eigenvalue weighted by Crippen LogP contribution is -2.14. The highest BCUT2D eigenvalue weighted by atomic mass is 16.7. The van der Waals surface area contributed by atoms with Crippen molar-refractivity contribution in [3.05, 3.63) is 24.3 Å². The Morgan fingerprint density at radius 1 is 1.40 bits per heavy atom. The summed E-state index contributed by atoms with van der Waals surface area (Å²) in [6.45, 7) is 4.24. The van der Waals surface area contributed by atoms with Crippen LogP contribution in [-0.2, 0) is 4.74 Å². The van der Waals surface area contributed by atoms with Crippen molar-refractivity contribution in [1.82, 2.24) is 0 Å². The summed E-state index contributed by atoms with van der Waals surface area (Å²) in [6, 6.07) is 6.78. The number of anilines is 1. The molecule has 0 aliphatic rings. The molecule has 1 rings (SSSR count). The van der Waals surface area contributed by atoms with E-state index in [1.54, 1.807) is 24.3 Å². The molecule has 1 aromatic carbocycles. The van der Waals surface area contributed by atoms with Crippen LogP contribution >= 0.6 is 0 Å². The van der Waals surface area contributed by atoms with Crippen molar-refractivity contribution in [3.63, 3.8) is 0 Å². The van der Waals surface area contributed by atoms with Crippen molar-refractivity contribution in [2.24, 2.45) is 5.92 Å². The molecule has 0 saturated heterocycles. The highest BCUT2D eigenvalue weighted by Gasteiger charge is 2.08. The third-order valence-electron chi connectivity index (χ3n) is 1.65. The van der Waals surface area contributed by atoms with Crippen molar-refractivity contribution in [3.8, 4) is 5.75 Å². The Labute approximate surface area is 89.0 Å². The third kappa shape index (κ3) is 3.89. The smallest absolute Gasteiger partial charge is 0.434 e. The van der Waals surface area contributed by atoms with Gasteiger partial charge >= 0.3 is 6.16 Å². The van der Waals surface area contributed by atoms with Crippen LogP contribution in [0.5, 0.6) is 5.75 Å². The first-order valence-electron chi connectivity index (χ1n) is 4.78. The summed E-state index contributed by atoms with van der Waals surface area (Å²) in [5, 5.41) is 0. The second kappa shape index (κ2) is 5.24. The lowest BCUT2D eigenvalue weighted by molar-refractivity contribution is 0.0888. The Balaban J connectivity index is 2.48. The molecule has 0 saturated carbocycles. The first-order valence-corrected chi connectivity index (χ1v) is 4.78.